The van der Waals surface area contributed by atoms with Crippen LogP contribution < -0.4 is 9.64 Å². The van der Waals surface area contributed by atoms with E-state index in [-0.39, 0.29) is 23.3 Å². The Hall–Kier alpha value is -3.32. The molecule has 6 nitrogen and oxygen atoms in total. The number of piperazine rings is 1. The summed E-state index contributed by atoms with van der Waals surface area (Å²) in [7, 11) is 0. The van der Waals surface area contributed by atoms with Gasteiger partial charge in [0.2, 0.25) is 0 Å². The van der Waals surface area contributed by atoms with E-state index in [4.69, 9.17) is 16.3 Å². The highest BCUT2D eigenvalue weighted by Crippen LogP contribution is 2.43. The molecule has 1 aliphatic heterocycles. The summed E-state index contributed by atoms with van der Waals surface area (Å²) in [5.74, 6) is -0.320. The zero-order valence-electron chi connectivity index (χ0n) is 23.2. The SMILES string of the molecule is CC1(C)CCC(CN2CCN(c3ccc(C(=O)O)c(Oc4ccccc4CO)c3)CC2)=C(c2ccc(Cl)cc2)C1. The molecule has 1 aliphatic carbocycles. The zero-order chi connectivity index (χ0) is 28.3. The zero-order valence-corrected chi connectivity index (χ0v) is 24.0. The topological polar surface area (TPSA) is 73.2 Å². The minimum atomic E-state index is -1.05. The lowest BCUT2D eigenvalue weighted by Gasteiger charge is -2.39. The van der Waals surface area contributed by atoms with Crippen LogP contribution in [0.3, 0.4) is 0 Å². The van der Waals surface area contributed by atoms with Gasteiger partial charge in [-0.2, -0.15) is 0 Å². The van der Waals surface area contributed by atoms with Crippen LogP contribution in [0.25, 0.3) is 5.57 Å². The minimum absolute atomic E-state index is 0.0945. The number of hydrogen-bond acceptors (Lipinski definition) is 5. The number of nitrogens with zero attached hydrogens (tertiary/aromatic N) is 2. The fraction of sp³-hybridized carbons (Fsp3) is 0.364. The van der Waals surface area contributed by atoms with Crippen LogP contribution in [0.1, 0.15) is 54.6 Å². The van der Waals surface area contributed by atoms with E-state index < -0.39 is 5.97 Å². The average Bonchev–Trinajstić information content (AvgIpc) is 2.95. The van der Waals surface area contributed by atoms with E-state index in [2.05, 4.69) is 35.8 Å². The van der Waals surface area contributed by atoms with Gasteiger partial charge in [0.05, 0.1) is 6.61 Å². The van der Waals surface area contributed by atoms with E-state index in [0.29, 0.717) is 11.3 Å². The number of rotatable bonds is 8. The minimum Gasteiger partial charge on any atom is -0.478 e. The first-order valence-corrected chi connectivity index (χ1v) is 14.3. The summed E-state index contributed by atoms with van der Waals surface area (Å²) in [5, 5.41) is 20.2. The number of allylic oxidation sites excluding steroid dienone is 1. The number of aliphatic hydroxyl groups excluding tert-OH is 1. The molecule has 0 unspecified atom stereocenters. The lowest BCUT2D eigenvalue weighted by atomic mass is 9.72. The van der Waals surface area contributed by atoms with Gasteiger partial charge in [0.15, 0.2) is 0 Å². The number of aromatic carboxylic acids is 1. The third kappa shape index (κ3) is 6.52. The Balaban J connectivity index is 1.30. The number of benzene rings is 3. The molecule has 1 fully saturated rings. The van der Waals surface area contributed by atoms with Crippen LogP contribution in [-0.4, -0.2) is 53.8 Å². The number of para-hydroxylation sites is 1. The first kappa shape index (κ1) is 28.2. The maximum atomic E-state index is 11.9. The van der Waals surface area contributed by atoms with Crippen LogP contribution in [0.4, 0.5) is 5.69 Å². The molecule has 0 aromatic heterocycles. The first-order valence-electron chi connectivity index (χ1n) is 13.9. The van der Waals surface area contributed by atoms with Crippen molar-refractivity contribution in [1.29, 1.82) is 0 Å². The number of carboxylic acids is 1. The molecule has 3 aromatic carbocycles. The lowest BCUT2D eigenvalue weighted by Crippen LogP contribution is -2.47. The van der Waals surface area contributed by atoms with Gasteiger partial charge in [0.1, 0.15) is 17.1 Å². The number of aliphatic hydroxyl groups is 1. The number of ether oxygens (including phenoxy) is 1. The number of carboxylic acid groups (broad SMARTS) is 1. The number of anilines is 1. The Morgan fingerprint density at radius 3 is 2.40 bits per heavy atom. The lowest BCUT2D eigenvalue weighted by molar-refractivity contribution is 0.0694. The van der Waals surface area contributed by atoms with Crippen molar-refractivity contribution in [3.8, 4) is 11.5 Å². The van der Waals surface area contributed by atoms with Crippen molar-refractivity contribution >= 4 is 28.8 Å². The van der Waals surface area contributed by atoms with Crippen molar-refractivity contribution in [3.05, 3.63) is 94.0 Å². The normalized spacial score (nSPS) is 17.6. The van der Waals surface area contributed by atoms with Crippen molar-refractivity contribution in [2.75, 3.05) is 37.6 Å². The Morgan fingerprint density at radius 1 is 0.975 bits per heavy atom. The van der Waals surface area contributed by atoms with Gasteiger partial charge in [-0.15, -0.1) is 0 Å². The molecular formula is C33H37ClN2O4. The molecule has 210 valence electrons. The van der Waals surface area contributed by atoms with E-state index in [0.717, 1.165) is 56.3 Å². The van der Waals surface area contributed by atoms with Crippen LogP contribution in [0.5, 0.6) is 11.5 Å². The number of halogens is 1. The van der Waals surface area contributed by atoms with Gasteiger partial charge in [0.25, 0.3) is 0 Å². The molecule has 0 radical (unpaired) electrons. The first-order chi connectivity index (χ1) is 19.2. The molecule has 40 heavy (non-hydrogen) atoms. The van der Waals surface area contributed by atoms with Gasteiger partial charge in [-0.1, -0.05) is 61.4 Å². The Kier molecular flexibility index (Phi) is 8.50. The van der Waals surface area contributed by atoms with Crippen LogP contribution in [0.2, 0.25) is 5.02 Å². The summed E-state index contributed by atoms with van der Waals surface area (Å²) in [6.07, 6.45) is 3.37. The van der Waals surface area contributed by atoms with Gasteiger partial charge in [0, 0.05) is 55.1 Å². The maximum Gasteiger partial charge on any atom is 0.339 e. The van der Waals surface area contributed by atoms with Crippen molar-refractivity contribution < 1.29 is 19.7 Å². The molecule has 1 heterocycles. The molecule has 0 saturated carbocycles. The summed E-state index contributed by atoms with van der Waals surface area (Å²) in [6, 6.07) is 20.7. The van der Waals surface area contributed by atoms with E-state index in [9.17, 15) is 15.0 Å². The van der Waals surface area contributed by atoms with Crippen LogP contribution in [0, 0.1) is 5.41 Å². The highest BCUT2D eigenvalue weighted by molar-refractivity contribution is 6.30. The molecule has 2 N–H and O–H groups in total. The smallest absolute Gasteiger partial charge is 0.339 e. The van der Waals surface area contributed by atoms with Gasteiger partial charge in [-0.3, -0.25) is 4.90 Å². The molecule has 2 aliphatic rings. The Morgan fingerprint density at radius 2 is 1.70 bits per heavy atom. The fourth-order valence-electron chi connectivity index (χ4n) is 5.72. The molecule has 0 amide bonds. The standard InChI is InChI=1S/C33H37ClN2O4/c1-33(2)14-13-24(29(20-33)23-7-9-26(34)10-8-23)21-35-15-17-36(18-16-35)27-11-12-28(32(38)39)31(19-27)40-30-6-4-3-5-25(30)22-37/h3-12,19,37H,13-18,20-22H2,1-2H3,(H,38,39). The monoisotopic (exact) mass is 560 g/mol. The highest BCUT2D eigenvalue weighted by atomic mass is 35.5. The van der Waals surface area contributed by atoms with E-state index in [1.807, 2.05) is 24.3 Å². The van der Waals surface area contributed by atoms with Gasteiger partial charge in [-0.25, -0.2) is 4.79 Å². The Labute approximate surface area is 241 Å². The summed E-state index contributed by atoms with van der Waals surface area (Å²) >= 11 is 6.17. The summed E-state index contributed by atoms with van der Waals surface area (Å²) in [4.78, 5) is 16.7. The summed E-state index contributed by atoms with van der Waals surface area (Å²) < 4.78 is 6.03. The summed E-state index contributed by atoms with van der Waals surface area (Å²) in [5.41, 5.74) is 6.19. The molecule has 1 saturated heterocycles. The third-order valence-electron chi connectivity index (χ3n) is 8.09. The molecule has 5 rings (SSSR count). The van der Waals surface area contributed by atoms with E-state index in [1.165, 1.54) is 23.1 Å². The van der Waals surface area contributed by atoms with Crippen molar-refractivity contribution in [2.45, 2.75) is 39.7 Å². The fourth-order valence-corrected chi connectivity index (χ4v) is 5.85. The van der Waals surface area contributed by atoms with Gasteiger partial charge < -0.3 is 19.8 Å². The molecule has 3 aromatic rings. The predicted octanol–water partition coefficient (Wildman–Crippen LogP) is 7.11. The molecule has 7 heteroatoms. The van der Waals surface area contributed by atoms with Gasteiger partial charge >= 0.3 is 5.97 Å². The van der Waals surface area contributed by atoms with Crippen molar-refractivity contribution in [3.63, 3.8) is 0 Å². The van der Waals surface area contributed by atoms with Crippen LogP contribution >= 0.6 is 11.6 Å². The second-order valence-corrected chi connectivity index (χ2v) is 12.0. The van der Waals surface area contributed by atoms with E-state index >= 15 is 0 Å². The number of hydrogen-bond donors (Lipinski definition) is 2. The molecule has 0 spiro atoms. The molecular weight excluding hydrogens is 524 g/mol. The third-order valence-corrected chi connectivity index (χ3v) is 8.34. The van der Waals surface area contributed by atoms with Crippen molar-refractivity contribution in [1.82, 2.24) is 4.90 Å². The predicted molar refractivity (Wildman–Crippen MR) is 160 cm³/mol. The second kappa shape index (κ2) is 12.0. The highest BCUT2D eigenvalue weighted by Gasteiger charge is 2.29. The van der Waals surface area contributed by atoms with Crippen LogP contribution in [-0.2, 0) is 6.61 Å². The van der Waals surface area contributed by atoms with Gasteiger partial charge in [-0.05, 0) is 66.1 Å². The van der Waals surface area contributed by atoms with Crippen molar-refractivity contribution in [2.24, 2.45) is 5.41 Å². The number of carbonyl (C=O) groups is 1. The molecule has 0 atom stereocenters. The largest absolute Gasteiger partial charge is 0.478 e. The summed E-state index contributed by atoms with van der Waals surface area (Å²) in [6.45, 7) is 9.02. The molecule has 0 bridgehead atoms. The second-order valence-electron chi connectivity index (χ2n) is 11.5. The maximum absolute atomic E-state index is 11.9. The Bertz CT molecular complexity index is 1390. The quantitative estimate of drug-likeness (QED) is 0.306. The average molecular weight is 561 g/mol. The van der Waals surface area contributed by atoms with E-state index in [1.54, 1.807) is 30.3 Å². The van der Waals surface area contributed by atoms with Crippen LogP contribution in [0.15, 0.2) is 72.3 Å².